The van der Waals surface area contributed by atoms with Crippen molar-refractivity contribution in [3.63, 3.8) is 0 Å². The molecule has 1 aliphatic rings. The zero-order valence-electron chi connectivity index (χ0n) is 13.4. The molecule has 0 radical (unpaired) electrons. The topological polar surface area (TPSA) is 32.3 Å². The molecular formula is C15H32N2OS. The van der Waals surface area contributed by atoms with Crippen molar-refractivity contribution in [3.05, 3.63) is 0 Å². The summed E-state index contributed by atoms with van der Waals surface area (Å²) in [5.41, 5.74) is 0.288. The summed E-state index contributed by atoms with van der Waals surface area (Å²) in [5.74, 6) is 1.51. The van der Waals surface area contributed by atoms with Crippen molar-refractivity contribution in [2.24, 2.45) is 5.92 Å². The highest BCUT2D eigenvalue weighted by Gasteiger charge is 2.37. The number of nitrogens with zero attached hydrogens (tertiary/aromatic N) is 1. The first-order valence-corrected chi connectivity index (χ1v) is 9.46. The maximum absolute atomic E-state index is 11.2. The van der Waals surface area contributed by atoms with Crippen molar-refractivity contribution < 1.29 is 4.21 Å². The van der Waals surface area contributed by atoms with E-state index in [-0.39, 0.29) is 5.54 Å². The molecule has 0 spiro atoms. The Morgan fingerprint density at radius 1 is 1.37 bits per heavy atom. The quantitative estimate of drug-likeness (QED) is 0.780. The summed E-state index contributed by atoms with van der Waals surface area (Å²) in [6, 6.07) is 0.622. The Hall–Kier alpha value is 0.0700. The van der Waals surface area contributed by atoms with Gasteiger partial charge in [0.15, 0.2) is 0 Å². The van der Waals surface area contributed by atoms with E-state index in [0.29, 0.717) is 12.0 Å². The molecule has 1 N–H and O–H groups in total. The predicted molar refractivity (Wildman–Crippen MR) is 85.1 cm³/mol. The highest BCUT2D eigenvalue weighted by molar-refractivity contribution is 7.84. The molecule has 114 valence electrons. The van der Waals surface area contributed by atoms with Crippen molar-refractivity contribution in [3.8, 4) is 0 Å². The van der Waals surface area contributed by atoms with Gasteiger partial charge in [-0.1, -0.05) is 27.7 Å². The molecule has 1 heterocycles. The van der Waals surface area contributed by atoms with E-state index in [0.717, 1.165) is 31.8 Å². The summed E-state index contributed by atoms with van der Waals surface area (Å²) >= 11 is 0. The van der Waals surface area contributed by atoms with Gasteiger partial charge >= 0.3 is 0 Å². The highest BCUT2D eigenvalue weighted by Crippen LogP contribution is 2.25. The monoisotopic (exact) mass is 288 g/mol. The van der Waals surface area contributed by atoms with Crippen LogP contribution in [0.4, 0.5) is 0 Å². The molecule has 2 unspecified atom stereocenters. The molecule has 1 saturated heterocycles. The number of rotatable bonds is 7. The maximum Gasteiger partial charge on any atom is 0.0304 e. The predicted octanol–water partition coefficient (Wildman–Crippen LogP) is 2.24. The van der Waals surface area contributed by atoms with Gasteiger partial charge in [-0.3, -0.25) is 9.11 Å². The molecule has 4 heteroatoms. The number of hydrogen-bond donors (Lipinski definition) is 1. The van der Waals surface area contributed by atoms with Crippen LogP contribution in [-0.4, -0.2) is 52.3 Å². The van der Waals surface area contributed by atoms with Gasteiger partial charge in [0.25, 0.3) is 0 Å². The molecular weight excluding hydrogens is 256 g/mol. The molecule has 2 atom stereocenters. The Kier molecular flexibility index (Phi) is 6.98. The number of piperazine rings is 1. The molecule has 0 aromatic rings. The van der Waals surface area contributed by atoms with Gasteiger partial charge in [-0.05, 0) is 31.7 Å². The minimum atomic E-state index is -0.657. The van der Waals surface area contributed by atoms with Crippen LogP contribution >= 0.6 is 0 Å². The largest absolute Gasteiger partial charge is 0.308 e. The second-order valence-electron chi connectivity index (χ2n) is 6.28. The first kappa shape index (κ1) is 17.1. The maximum atomic E-state index is 11.2. The SMILES string of the molecule is CCC1(CC)CN(CCCS(C)=O)C(C(C)C)CN1. The van der Waals surface area contributed by atoms with Crippen LogP contribution in [-0.2, 0) is 10.8 Å². The molecule has 1 aliphatic heterocycles. The fraction of sp³-hybridized carbons (Fsp3) is 1.00. The van der Waals surface area contributed by atoms with E-state index in [4.69, 9.17) is 0 Å². The van der Waals surface area contributed by atoms with E-state index in [1.54, 1.807) is 6.26 Å². The van der Waals surface area contributed by atoms with Crippen molar-refractivity contribution in [1.29, 1.82) is 0 Å². The molecule has 1 rings (SSSR count). The van der Waals surface area contributed by atoms with E-state index in [9.17, 15) is 4.21 Å². The van der Waals surface area contributed by atoms with Crippen molar-refractivity contribution in [2.45, 2.75) is 58.5 Å². The van der Waals surface area contributed by atoms with Crippen molar-refractivity contribution in [1.82, 2.24) is 10.2 Å². The summed E-state index contributed by atoms with van der Waals surface area (Å²) < 4.78 is 11.2. The minimum Gasteiger partial charge on any atom is -0.308 e. The minimum absolute atomic E-state index is 0.288. The lowest BCUT2D eigenvalue weighted by Crippen LogP contribution is -2.65. The Bertz CT molecular complexity index is 290. The van der Waals surface area contributed by atoms with Gasteiger partial charge in [-0.2, -0.15) is 0 Å². The Balaban J connectivity index is 2.65. The smallest absolute Gasteiger partial charge is 0.0304 e. The summed E-state index contributed by atoms with van der Waals surface area (Å²) in [4.78, 5) is 2.64. The summed E-state index contributed by atoms with van der Waals surface area (Å²) in [7, 11) is -0.657. The second-order valence-corrected chi connectivity index (χ2v) is 7.84. The van der Waals surface area contributed by atoms with Gasteiger partial charge in [0.2, 0.25) is 0 Å². The summed E-state index contributed by atoms with van der Waals surface area (Å²) in [6.07, 6.45) is 5.23. The number of nitrogens with one attached hydrogen (secondary N) is 1. The Labute approximate surface area is 122 Å². The van der Waals surface area contributed by atoms with Gasteiger partial charge in [-0.15, -0.1) is 0 Å². The third-order valence-corrected chi connectivity index (χ3v) is 5.52. The first-order chi connectivity index (χ1) is 8.94. The third-order valence-electron chi connectivity index (χ3n) is 4.66. The fourth-order valence-corrected chi connectivity index (χ4v) is 3.64. The fourth-order valence-electron chi connectivity index (χ4n) is 3.11. The second kappa shape index (κ2) is 7.75. The van der Waals surface area contributed by atoms with E-state index in [2.05, 4.69) is 37.9 Å². The zero-order valence-corrected chi connectivity index (χ0v) is 14.2. The lowest BCUT2D eigenvalue weighted by Gasteiger charge is -2.49. The highest BCUT2D eigenvalue weighted by atomic mass is 32.2. The lowest BCUT2D eigenvalue weighted by molar-refractivity contribution is 0.0508. The normalized spacial score (nSPS) is 25.7. The van der Waals surface area contributed by atoms with Crippen LogP contribution in [0.15, 0.2) is 0 Å². The van der Waals surface area contributed by atoms with Crippen LogP contribution < -0.4 is 5.32 Å². The van der Waals surface area contributed by atoms with Gasteiger partial charge in [0, 0.05) is 47.5 Å². The van der Waals surface area contributed by atoms with Crippen molar-refractivity contribution in [2.75, 3.05) is 31.6 Å². The number of hydrogen-bond acceptors (Lipinski definition) is 3. The molecule has 1 fully saturated rings. The molecule has 0 aromatic heterocycles. The van der Waals surface area contributed by atoms with Crippen LogP contribution in [0.3, 0.4) is 0 Å². The Morgan fingerprint density at radius 3 is 2.47 bits per heavy atom. The molecule has 0 aromatic carbocycles. The van der Waals surface area contributed by atoms with E-state index < -0.39 is 10.8 Å². The van der Waals surface area contributed by atoms with Crippen LogP contribution in [0.1, 0.15) is 47.0 Å². The van der Waals surface area contributed by atoms with E-state index in [1.165, 1.54) is 12.8 Å². The summed E-state index contributed by atoms with van der Waals surface area (Å²) in [6.45, 7) is 12.5. The van der Waals surface area contributed by atoms with Crippen LogP contribution in [0.25, 0.3) is 0 Å². The molecule has 0 aliphatic carbocycles. The lowest BCUT2D eigenvalue weighted by atomic mass is 9.86. The summed E-state index contributed by atoms with van der Waals surface area (Å²) in [5, 5.41) is 3.79. The average Bonchev–Trinajstić information content (AvgIpc) is 2.37. The third kappa shape index (κ3) is 4.83. The van der Waals surface area contributed by atoms with Crippen LogP contribution in [0, 0.1) is 5.92 Å². The van der Waals surface area contributed by atoms with Crippen LogP contribution in [0.5, 0.6) is 0 Å². The molecule has 0 amide bonds. The molecule has 3 nitrogen and oxygen atoms in total. The first-order valence-electron chi connectivity index (χ1n) is 7.73. The van der Waals surface area contributed by atoms with Gasteiger partial charge in [-0.25, -0.2) is 0 Å². The Morgan fingerprint density at radius 2 is 2.00 bits per heavy atom. The van der Waals surface area contributed by atoms with Gasteiger partial charge in [0.1, 0.15) is 0 Å². The van der Waals surface area contributed by atoms with Crippen molar-refractivity contribution >= 4 is 10.8 Å². The van der Waals surface area contributed by atoms with Crippen LogP contribution in [0.2, 0.25) is 0 Å². The van der Waals surface area contributed by atoms with Gasteiger partial charge < -0.3 is 5.32 Å². The van der Waals surface area contributed by atoms with E-state index in [1.807, 2.05) is 0 Å². The molecule has 19 heavy (non-hydrogen) atoms. The molecule has 0 bridgehead atoms. The average molecular weight is 289 g/mol. The molecule has 0 saturated carbocycles. The van der Waals surface area contributed by atoms with Gasteiger partial charge in [0.05, 0.1) is 0 Å². The van der Waals surface area contributed by atoms with E-state index >= 15 is 0 Å². The standard InChI is InChI=1S/C15H32N2OS/c1-6-15(7-2)12-17(9-8-10-19(5)18)14(11-16-15)13(3)4/h13-14,16H,6-12H2,1-5H3. The zero-order chi connectivity index (χ0) is 14.5.